The average Bonchev–Trinajstić information content (AvgIpc) is 2.93. The highest BCUT2D eigenvalue weighted by Crippen LogP contribution is 2.18. The van der Waals surface area contributed by atoms with Gasteiger partial charge in [-0.05, 0) is 45.4 Å². The van der Waals surface area contributed by atoms with E-state index in [0.29, 0.717) is 21.7 Å². The van der Waals surface area contributed by atoms with E-state index < -0.39 is 0 Å². The zero-order chi connectivity index (χ0) is 13.2. The molecule has 0 bridgehead atoms. The molecule has 0 aliphatic heterocycles. The second kappa shape index (κ2) is 4.85. The zero-order valence-corrected chi connectivity index (χ0v) is 11.1. The van der Waals surface area contributed by atoms with Crippen molar-refractivity contribution in [3.05, 3.63) is 52.9 Å². The minimum absolute atomic E-state index is 0.380. The van der Waals surface area contributed by atoms with Crippen molar-refractivity contribution in [1.82, 2.24) is 25.2 Å². The van der Waals surface area contributed by atoms with E-state index in [1.165, 1.54) is 10.9 Å². The molecule has 0 spiro atoms. The summed E-state index contributed by atoms with van der Waals surface area (Å²) in [7, 11) is 0. The molecule has 0 N–H and O–H groups in total. The van der Waals surface area contributed by atoms with Crippen LogP contribution >= 0.6 is 15.9 Å². The van der Waals surface area contributed by atoms with Crippen LogP contribution in [0.15, 0.2) is 47.1 Å². The first-order chi connectivity index (χ1) is 9.24. The number of nitrogens with zero attached hydrogens (tertiary/aromatic N) is 5. The Morgan fingerprint density at radius 1 is 1.16 bits per heavy atom. The van der Waals surface area contributed by atoms with Crippen LogP contribution < -0.4 is 0 Å². The SMILES string of the molecule is Fc1cc(-n2nnc(-c3ccccn3)n2)ccc1Br. The first-order valence-corrected chi connectivity index (χ1v) is 6.20. The molecule has 0 radical (unpaired) electrons. The molecular weight excluding hydrogens is 313 g/mol. The van der Waals surface area contributed by atoms with E-state index in [2.05, 4.69) is 36.3 Å². The van der Waals surface area contributed by atoms with Crippen molar-refractivity contribution in [2.45, 2.75) is 0 Å². The third-order valence-electron chi connectivity index (χ3n) is 2.44. The zero-order valence-electron chi connectivity index (χ0n) is 9.53. The summed E-state index contributed by atoms with van der Waals surface area (Å²) in [5.41, 5.74) is 1.11. The smallest absolute Gasteiger partial charge is 0.223 e. The van der Waals surface area contributed by atoms with Crippen molar-refractivity contribution in [2.75, 3.05) is 0 Å². The van der Waals surface area contributed by atoms with E-state index in [1.807, 2.05) is 6.07 Å². The molecule has 3 rings (SSSR count). The lowest BCUT2D eigenvalue weighted by Crippen LogP contribution is -1.99. The van der Waals surface area contributed by atoms with Gasteiger partial charge in [0.05, 0.1) is 10.2 Å². The quantitative estimate of drug-likeness (QED) is 0.728. The molecule has 1 aromatic carbocycles. The lowest BCUT2D eigenvalue weighted by molar-refractivity contribution is 0.614. The van der Waals surface area contributed by atoms with Gasteiger partial charge in [0.15, 0.2) is 0 Å². The molecule has 3 aromatic rings. The van der Waals surface area contributed by atoms with Crippen LogP contribution in [0.4, 0.5) is 4.39 Å². The number of halogens is 2. The van der Waals surface area contributed by atoms with Gasteiger partial charge < -0.3 is 0 Å². The van der Waals surface area contributed by atoms with Crippen molar-refractivity contribution in [3.63, 3.8) is 0 Å². The molecular formula is C12H7BrFN5. The monoisotopic (exact) mass is 319 g/mol. The van der Waals surface area contributed by atoms with Gasteiger partial charge in [-0.3, -0.25) is 4.98 Å². The predicted octanol–water partition coefficient (Wildman–Crippen LogP) is 2.63. The van der Waals surface area contributed by atoms with Gasteiger partial charge in [0.25, 0.3) is 0 Å². The number of benzene rings is 1. The van der Waals surface area contributed by atoms with E-state index in [0.717, 1.165) is 0 Å². The molecule has 7 heteroatoms. The highest BCUT2D eigenvalue weighted by molar-refractivity contribution is 9.10. The maximum atomic E-state index is 13.4. The van der Waals surface area contributed by atoms with E-state index >= 15 is 0 Å². The third kappa shape index (κ3) is 2.37. The summed E-state index contributed by atoms with van der Waals surface area (Å²) in [5.74, 6) is 0.0121. The fraction of sp³-hybridized carbons (Fsp3) is 0. The van der Waals surface area contributed by atoms with E-state index in [1.54, 1.807) is 30.5 Å². The minimum Gasteiger partial charge on any atom is -0.253 e. The van der Waals surface area contributed by atoms with Crippen LogP contribution in [0.3, 0.4) is 0 Å². The molecule has 2 aromatic heterocycles. The molecule has 2 heterocycles. The summed E-state index contributed by atoms with van der Waals surface area (Å²) in [6.07, 6.45) is 1.65. The molecule has 5 nitrogen and oxygen atoms in total. The summed E-state index contributed by atoms with van der Waals surface area (Å²) in [5, 5.41) is 12.0. The summed E-state index contributed by atoms with van der Waals surface area (Å²) < 4.78 is 13.8. The number of hydrogen-bond donors (Lipinski definition) is 0. The van der Waals surface area contributed by atoms with Gasteiger partial charge in [-0.1, -0.05) is 6.07 Å². The summed E-state index contributed by atoms with van der Waals surface area (Å²) in [6.45, 7) is 0. The Bertz CT molecular complexity index is 713. The minimum atomic E-state index is -0.380. The molecule has 0 atom stereocenters. The number of hydrogen-bond acceptors (Lipinski definition) is 4. The van der Waals surface area contributed by atoms with Crippen LogP contribution in [0.2, 0.25) is 0 Å². The van der Waals surface area contributed by atoms with Gasteiger partial charge in [0.2, 0.25) is 5.82 Å². The van der Waals surface area contributed by atoms with Crippen molar-refractivity contribution in [2.24, 2.45) is 0 Å². The van der Waals surface area contributed by atoms with Crippen LogP contribution in [0.5, 0.6) is 0 Å². The summed E-state index contributed by atoms with van der Waals surface area (Å²) in [6, 6.07) is 10.0. The normalized spacial score (nSPS) is 10.6. The Kier molecular flexibility index (Phi) is 3.04. The Morgan fingerprint density at radius 2 is 2.05 bits per heavy atom. The number of tetrazole rings is 1. The summed E-state index contributed by atoms with van der Waals surface area (Å²) >= 11 is 3.09. The molecule has 0 saturated heterocycles. The van der Waals surface area contributed by atoms with Crippen molar-refractivity contribution in [1.29, 1.82) is 0 Å². The van der Waals surface area contributed by atoms with Gasteiger partial charge in [-0.25, -0.2) is 4.39 Å². The Hall–Kier alpha value is -2.15. The fourth-order valence-corrected chi connectivity index (χ4v) is 1.78. The first-order valence-electron chi connectivity index (χ1n) is 5.41. The molecule has 0 saturated carbocycles. The second-order valence-electron chi connectivity index (χ2n) is 3.72. The van der Waals surface area contributed by atoms with Gasteiger partial charge >= 0.3 is 0 Å². The Labute approximate surface area is 116 Å². The number of rotatable bonds is 2. The highest BCUT2D eigenvalue weighted by Gasteiger charge is 2.09. The number of aromatic nitrogens is 5. The molecule has 0 aliphatic rings. The van der Waals surface area contributed by atoms with Crippen LogP contribution in [0.25, 0.3) is 17.2 Å². The fourth-order valence-electron chi connectivity index (χ4n) is 1.53. The van der Waals surface area contributed by atoms with Crippen LogP contribution in [-0.4, -0.2) is 25.2 Å². The first kappa shape index (κ1) is 11.9. The largest absolute Gasteiger partial charge is 0.253 e. The maximum absolute atomic E-state index is 13.4. The lowest BCUT2D eigenvalue weighted by Gasteiger charge is -1.99. The van der Waals surface area contributed by atoms with Crippen molar-refractivity contribution >= 4 is 15.9 Å². The highest BCUT2D eigenvalue weighted by atomic mass is 79.9. The second-order valence-corrected chi connectivity index (χ2v) is 4.57. The lowest BCUT2D eigenvalue weighted by atomic mass is 10.3. The number of pyridine rings is 1. The summed E-state index contributed by atoms with van der Waals surface area (Å²) in [4.78, 5) is 5.39. The van der Waals surface area contributed by atoms with Crippen molar-refractivity contribution in [3.8, 4) is 17.2 Å². The molecule has 0 fully saturated rings. The molecule has 0 amide bonds. The van der Waals surface area contributed by atoms with Crippen LogP contribution in [0.1, 0.15) is 0 Å². The predicted molar refractivity (Wildman–Crippen MR) is 70.0 cm³/mol. The Morgan fingerprint density at radius 3 is 2.79 bits per heavy atom. The van der Waals surface area contributed by atoms with E-state index in [-0.39, 0.29) is 5.82 Å². The molecule has 0 aliphatic carbocycles. The maximum Gasteiger partial charge on any atom is 0.223 e. The van der Waals surface area contributed by atoms with Gasteiger partial charge in [-0.2, -0.15) is 0 Å². The van der Waals surface area contributed by atoms with E-state index in [9.17, 15) is 4.39 Å². The van der Waals surface area contributed by atoms with Crippen LogP contribution in [-0.2, 0) is 0 Å². The van der Waals surface area contributed by atoms with Crippen molar-refractivity contribution < 1.29 is 4.39 Å². The molecule has 0 unspecified atom stereocenters. The topological polar surface area (TPSA) is 56.5 Å². The van der Waals surface area contributed by atoms with Gasteiger partial charge in [0.1, 0.15) is 11.5 Å². The molecule has 94 valence electrons. The van der Waals surface area contributed by atoms with Crippen LogP contribution in [0, 0.1) is 5.82 Å². The van der Waals surface area contributed by atoms with Gasteiger partial charge in [0, 0.05) is 12.3 Å². The average molecular weight is 320 g/mol. The Balaban J connectivity index is 1.99. The van der Waals surface area contributed by atoms with Gasteiger partial charge in [-0.15, -0.1) is 15.0 Å². The third-order valence-corrected chi connectivity index (χ3v) is 3.08. The molecule has 19 heavy (non-hydrogen) atoms. The van der Waals surface area contributed by atoms with E-state index in [4.69, 9.17) is 0 Å². The standard InChI is InChI=1S/C12H7BrFN5/c13-9-5-4-8(7-10(9)14)19-17-12(16-18-19)11-3-1-2-6-15-11/h1-7H.